The largest absolute Gasteiger partial charge is 0.489 e. The minimum Gasteiger partial charge on any atom is -0.489 e. The minimum atomic E-state index is -0.693. The van der Waals surface area contributed by atoms with Crippen molar-refractivity contribution in [3.8, 4) is 5.75 Å². The molecule has 0 unspecified atom stereocenters. The van der Waals surface area contributed by atoms with Crippen LogP contribution in [0.3, 0.4) is 0 Å². The van der Waals surface area contributed by atoms with Crippen molar-refractivity contribution >= 4 is 11.8 Å². The Morgan fingerprint density at radius 1 is 1.06 bits per heavy atom. The van der Waals surface area contributed by atoms with E-state index in [0.717, 1.165) is 49.0 Å². The van der Waals surface area contributed by atoms with Crippen molar-refractivity contribution in [3.63, 3.8) is 0 Å². The molecule has 0 saturated carbocycles. The summed E-state index contributed by atoms with van der Waals surface area (Å²) in [6, 6.07) is 16.9. The van der Waals surface area contributed by atoms with Crippen molar-refractivity contribution in [1.29, 1.82) is 0 Å². The Morgan fingerprint density at radius 2 is 1.75 bits per heavy atom. The molecule has 6 nitrogen and oxygen atoms in total. The van der Waals surface area contributed by atoms with Gasteiger partial charge < -0.3 is 20.7 Å². The molecule has 0 spiro atoms. The number of hydrogen-bond acceptors (Lipinski definition) is 4. The maximum absolute atomic E-state index is 13.3. The van der Waals surface area contributed by atoms with Crippen molar-refractivity contribution in [2.24, 2.45) is 5.73 Å². The zero-order valence-electron chi connectivity index (χ0n) is 19.0. The molecule has 1 heterocycles. The van der Waals surface area contributed by atoms with Gasteiger partial charge in [-0.3, -0.25) is 9.59 Å². The number of nitrogens with two attached hydrogens (primary N) is 1. The second-order valence-electron chi connectivity index (χ2n) is 8.46. The van der Waals surface area contributed by atoms with Gasteiger partial charge in [0, 0.05) is 25.6 Å². The van der Waals surface area contributed by atoms with E-state index in [0.29, 0.717) is 26.1 Å². The van der Waals surface area contributed by atoms with Crippen LogP contribution in [0.15, 0.2) is 54.6 Å². The van der Waals surface area contributed by atoms with Crippen LogP contribution in [-0.4, -0.2) is 35.8 Å². The number of amides is 2. The van der Waals surface area contributed by atoms with Crippen LogP contribution >= 0.6 is 0 Å². The molecular weight excluding hydrogens is 402 g/mol. The molecule has 3 rings (SSSR count). The summed E-state index contributed by atoms with van der Waals surface area (Å²) in [6.45, 7) is 3.83. The number of likely N-dealkylation sites (tertiary alicyclic amines) is 1. The molecule has 2 amide bonds. The summed E-state index contributed by atoms with van der Waals surface area (Å²) in [5, 5.41) is 2.98. The van der Waals surface area contributed by atoms with E-state index in [1.165, 1.54) is 0 Å². The number of rotatable bonds is 10. The van der Waals surface area contributed by atoms with Crippen molar-refractivity contribution in [2.45, 2.75) is 64.1 Å². The highest BCUT2D eigenvalue weighted by molar-refractivity contribution is 5.88. The highest BCUT2D eigenvalue weighted by Gasteiger charge is 2.29. The molecule has 0 bridgehead atoms. The van der Waals surface area contributed by atoms with Crippen LogP contribution in [0.5, 0.6) is 5.75 Å². The molecule has 172 valence electrons. The number of carbonyl (C=O) groups is 2. The highest BCUT2D eigenvalue weighted by Crippen LogP contribution is 2.23. The topological polar surface area (TPSA) is 84.7 Å². The molecule has 3 N–H and O–H groups in total. The standard InChI is InChI=1S/C26H35N3O3/c1-2-3-5-10-24(30)28-25(26(31)29-17-15-22(27)16-18-29)21-11-13-23(14-12-21)32-19-20-8-6-4-7-9-20/h4,6-9,11-14,22,25H,2-3,5,10,15-19,27H2,1H3,(H,28,30)/t25-/m0/s1. The van der Waals surface area contributed by atoms with E-state index in [4.69, 9.17) is 10.5 Å². The van der Waals surface area contributed by atoms with Crippen LogP contribution in [0.1, 0.15) is 62.6 Å². The van der Waals surface area contributed by atoms with Crippen molar-refractivity contribution in [1.82, 2.24) is 10.2 Å². The van der Waals surface area contributed by atoms with E-state index in [1.54, 1.807) is 0 Å². The predicted molar refractivity (Wildman–Crippen MR) is 126 cm³/mol. The Bertz CT molecular complexity index is 846. The van der Waals surface area contributed by atoms with Crippen LogP contribution in [-0.2, 0) is 16.2 Å². The molecule has 0 radical (unpaired) electrons. The van der Waals surface area contributed by atoms with Crippen LogP contribution in [0.4, 0.5) is 0 Å². The number of carbonyl (C=O) groups excluding carboxylic acids is 2. The van der Waals surface area contributed by atoms with Gasteiger partial charge in [0.1, 0.15) is 18.4 Å². The number of hydrogen-bond donors (Lipinski definition) is 2. The molecule has 1 saturated heterocycles. The van der Waals surface area contributed by atoms with E-state index in [9.17, 15) is 9.59 Å². The molecule has 1 atom stereocenters. The first kappa shape index (κ1) is 23.8. The number of piperidine rings is 1. The lowest BCUT2D eigenvalue weighted by Gasteiger charge is -2.33. The fourth-order valence-corrected chi connectivity index (χ4v) is 3.86. The van der Waals surface area contributed by atoms with Crippen molar-refractivity contribution in [2.75, 3.05) is 13.1 Å². The van der Waals surface area contributed by atoms with Crippen LogP contribution in [0, 0.1) is 0 Å². The Morgan fingerprint density at radius 3 is 2.41 bits per heavy atom. The lowest BCUT2D eigenvalue weighted by atomic mass is 10.0. The molecule has 32 heavy (non-hydrogen) atoms. The van der Waals surface area contributed by atoms with E-state index < -0.39 is 6.04 Å². The summed E-state index contributed by atoms with van der Waals surface area (Å²) in [5.74, 6) is 0.565. The number of nitrogens with one attached hydrogen (secondary N) is 1. The second-order valence-corrected chi connectivity index (χ2v) is 8.46. The van der Waals surface area contributed by atoms with E-state index in [2.05, 4.69) is 12.2 Å². The lowest BCUT2D eigenvalue weighted by Crippen LogP contribution is -2.48. The zero-order chi connectivity index (χ0) is 22.8. The SMILES string of the molecule is CCCCCC(=O)N[C@H](C(=O)N1CCC(N)CC1)c1ccc(OCc2ccccc2)cc1. The summed E-state index contributed by atoms with van der Waals surface area (Å²) >= 11 is 0. The quantitative estimate of drug-likeness (QED) is 0.551. The van der Waals surface area contributed by atoms with Gasteiger partial charge in [-0.2, -0.15) is 0 Å². The Hall–Kier alpha value is -2.86. The molecule has 0 aromatic heterocycles. The first-order valence-electron chi connectivity index (χ1n) is 11.7. The van der Waals surface area contributed by atoms with Gasteiger partial charge in [0.05, 0.1) is 0 Å². The zero-order valence-corrected chi connectivity index (χ0v) is 19.0. The normalized spacial score (nSPS) is 15.2. The molecule has 1 aliphatic rings. The third-order valence-corrected chi connectivity index (χ3v) is 5.87. The Labute approximate surface area is 191 Å². The minimum absolute atomic E-state index is 0.0707. The Kier molecular flexibility index (Phi) is 9.11. The van der Waals surface area contributed by atoms with Crippen LogP contribution in [0.25, 0.3) is 0 Å². The first-order valence-corrected chi connectivity index (χ1v) is 11.7. The van der Waals surface area contributed by atoms with Gasteiger partial charge in [-0.25, -0.2) is 0 Å². The summed E-state index contributed by atoms with van der Waals surface area (Å²) < 4.78 is 5.87. The average molecular weight is 438 g/mol. The van der Waals surface area contributed by atoms with Gasteiger partial charge in [-0.1, -0.05) is 62.2 Å². The third-order valence-electron chi connectivity index (χ3n) is 5.87. The fraction of sp³-hybridized carbons (Fsp3) is 0.462. The van der Waals surface area contributed by atoms with E-state index in [-0.39, 0.29) is 17.9 Å². The van der Waals surface area contributed by atoms with Gasteiger partial charge in [0.15, 0.2) is 0 Å². The molecule has 6 heteroatoms. The third kappa shape index (κ3) is 7.09. The smallest absolute Gasteiger partial charge is 0.249 e. The maximum Gasteiger partial charge on any atom is 0.249 e. The molecular formula is C26H35N3O3. The fourth-order valence-electron chi connectivity index (χ4n) is 3.86. The summed E-state index contributed by atoms with van der Waals surface area (Å²) in [6.07, 6.45) is 4.89. The summed E-state index contributed by atoms with van der Waals surface area (Å²) in [7, 11) is 0. The Balaban J connectivity index is 1.68. The van der Waals surface area contributed by atoms with Gasteiger partial charge in [-0.05, 0) is 42.5 Å². The molecule has 1 fully saturated rings. The van der Waals surface area contributed by atoms with Gasteiger partial charge in [0.2, 0.25) is 11.8 Å². The first-order chi connectivity index (χ1) is 15.6. The molecule has 2 aromatic carbocycles. The molecule has 0 aliphatic carbocycles. The number of nitrogens with zero attached hydrogens (tertiary/aromatic N) is 1. The second kappa shape index (κ2) is 12.2. The number of benzene rings is 2. The highest BCUT2D eigenvalue weighted by atomic mass is 16.5. The molecule has 2 aromatic rings. The number of unbranched alkanes of at least 4 members (excludes halogenated alkanes) is 2. The monoisotopic (exact) mass is 437 g/mol. The van der Waals surface area contributed by atoms with E-state index in [1.807, 2.05) is 59.5 Å². The van der Waals surface area contributed by atoms with Crippen molar-refractivity contribution in [3.05, 3.63) is 65.7 Å². The van der Waals surface area contributed by atoms with Crippen molar-refractivity contribution < 1.29 is 14.3 Å². The van der Waals surface area contributed by atoms with Crippen LogP contribution < -0.4 is 15.8 Å². The lowest BCUT2D eigenvalue weighted by molar-refractivity contribution is -0.137. The predicted octanol–water partition coefficient (Wildman–Crippen LogP) is 3.95. The van der Waals surface area contributed by atoms with Gasteiger partial charge >= 0.3 is 0 Å². The molecule has 1 aliphatic heterocycles. The van der Waals surface area contributed by atoms with E-state index >= 15 is 0 Å². The van der Waals surface area contributed by atoms with Crippen LogP contribution in [0.2, 0.25) is 0 Å². The maximum atomic E-state index is 13.3. The summed E-state index contributed by atoms with van der Waals surface area (Å²) in [4.78, 5) is 27.7. The van der Waals surface area contributed by atoms with Gasteiger partial charge in [-0.15, -0.1) is 0 Å². The number of ether oxygens (including phenoxy) is 1. The van der Waals surface area contributed by atoms with Gasteiger partial charge in [0.25, 0.3) is 0 Å². The average Bonchev–Trinajstić information content (AvgIpc) is 2.82. The summed E-state index contributed by atoms with van der Waals surface area (Å²) in [5.41, 5.74) is 7.85.